The number of aryl methyl sites for hydroxylation is 1. The van der Waals surface area contributed by atoms with E-state index in [0.717, 1.165) is 11.1 Å². The van der Waals surface area contributed by atoms with Crippen LogP contribution < -0.4 is 16.2 Å². The van der Waals surface area contributed by atoms with Gasteiger partial charge in [0, 0.05) is 24.3 Å². The highest BCUT2D eigenvalue weighted by molar-refractivity contribution is 5.95. The molecule has 2 heterocycles. The summed E-state index contributed by atoms with van der Waals surface area (Å²) < 4.78 is 1.59. The van der Waals surface area contributed by atoms with Crippen LogP contribution in [0.4, 0.5) is 5.69 Å². The smallest absolute Gasteiger partial charge is 0.242 e. The van der Waals surface area contributed by atoms with Gasteiger partial charge in [-0.1, -0.05) is 42.5 Å². The molecule has 2 unspecified atom stereocenters. The Hall–Kier alpha value is -3.10. The van der Waals surface area contributed by atoms with Crippen LogP contribution in [0.15, 0.2) is 54.6 Å². The fourth-order valence-corrected chi connectivity index (χ4v) is 3.07. The summed E-state index contributed by atoms with van der Waals surface area (Å²) in [6.45, 7) is 0. The number of carbonyl (C=O) groups is 1. The summed E-state index contributed by atoms with van der Waals surface area (Å²) in [5.74, 6) is 0.565. The largest absolute Gasteiger partial charge is 0.325 e. The Labute approximate surface area is 150 Å². The van der Waals surface area contributed by atoms with E-state index in [9.17, 15) is 4.79 Å². The van der Waals surface area contributed by atoms with Crippen LogP contribution in [0.2, 0.25) is 0 Å². The number of hydrazine groups is 1. The van der Waals surface area contributed by atoms with Gasteiger partial charge in [0.2, 0.25) is 5.91 Å². The lowest BCUT2D eigenvalue weighted by molar-refractivity contribution is -0.117. The molecule has 2 aromatic carbocycles. The fourth-order valence-electron chi connectivity index (χ4n) is 3.07. The Morgan fingerprint density at radius 2 is 2.00 bits per heavy atom. The highest BCUT2D eigenvalue weighted by Crippen LogP contribution is 2.24. The van der Waals surface area contributed by atoms with Crippen molar-refractivity contribution in [3.63, 3.8) is 0 Å². The monoisotopic (exact) mass is 349 g/mol. The molecule has 8 nitrogen and oxygen atoms in total. The van der Waals surface area contributed by atoms with Crippen LogP contribution >= 0.6 is 0 Å². The van der Waals surface area contributed by atoms with Crippen LogP contribution in [0.1, 0.15) is 18.0 Å². The third kappa shape index (κ3) is 3.32. The van der Waals surface area contributed by atoms with E-state index in [2.05, 4.69) is 43.8 Å². The Morgan fingerprint density at radius 1 is 1.15 bits per heavy atom. The number of anilines is 1. The lowest BCUT2D eigenvalue weighted by Crippen LogP contribution is -2.39. The number of nitrogens with zero attached hydrogens (tertiary/aromatic N) is 4. The molecule has 1 aliphatic rings. The lowest BCUT2D eigenvalue weighted by atomic mass is 10.0. The van der Waals surface area contributed by atoms with Gasteiger partial charge in [-0.15, -0.1) is 5.10 Å². The van der Waals surface area contributed by atoms with Crippen molar-refractivity contribution in [2.24, 2.45) is 7.05 Å². The average molecular weight is 349 g/mol. The van der Waals surface area contributed by atoms with Crippen molar-refractivity contribution in [3.8, 4) is 11.4 Å². The number of rotatable bonds is 4. The van der Waals surface area contributed by atoms with Crippen molar-refractivity contribution < 1.29 is 4.79 Å². The molecule has 0 bridgehead atoms. The Morgan fingerprint density at radius 3 is 2.77 bits per heavy atom. The van der Waals surface area contributed by atoms with Gasteiger partial charge in [-0.2, -0.15) is 0 Å². The lowest BCUT2D eigenvalue weighted by Gasteiger charge is -2.11. The molecule has 0 saturated carbocycles. The molecule has 26 heavy (non-hydrogen) atoms. The third-order valence-corrected chi connectivity index (χ3v) is 4.43. The maximum Gasteiger partial charge on any atom is 0.242 e. The maximum absolute atomic E-state index is 12.6. The van der Waals surface area contributed by atoms with E-state index in [1.807, 2.05) is 42.5 Å². The number of amides is 1. The molecule has 4 rings (SSSR count). The standard InChI is InChI=1S/C18H19N7O/c1-25-17(22-23-24-25)13-8-5-9-14(10-13)19-18(26)16-11-15(20-21-16)12-6-3-2-4-7-12/h2-10,15-16,20-21H,11H2,1H3,(H,19,26). The highest BCUT2D eigenvalue weighted by atomic mass is 16.2. The second-order valence-corrected chi connectivity index (χ2v) is 6.24. The molecule has 0 radical (unpaired) electrons. The molecular formula is C18H19N7O. The minimum absolute atomic E-state index is 0.0795. The van der Waals surface area contributed by atoms with Gasteiger partial charge in [-0.25, -0.2) is 15.5 Å². The van der Waals surface area contributed by atoms with Gasteiger partial charge in [0.05, 0.1) is 0 Å². The van der Waals surface area contributed by atoms with Crippen molar-refractivity contribution in [1.82, 2.24) is 31.1 Å². The van der Waals surface area contributed by atoms with Gasteiger partial charge in [0.25, 0.3) is 0 Å². The Balaban J connectivity index is 1.43. The van der Waals surface area contributed by atoms with Crippen molar-refractivity contribution in [2.75, 3.05) is 5.32 Å². The van der Waals surface area contributed by atoms with Crippen LogP contribution in [-0.2, 0) is 11.8 Å². The zero-order valence-electron chi connectivity index (χ0n) is 14.3. The van der Waals surface area contributed by atoms with E-state index in [-0.39, 0.29) is 18.0 Å². The summed E-state index contributed by atoms with van der Waals surface area (Å²) in [5, 5.41) is 14.4. The Bertz CT molecular complexity index is 909. The zero-order chi connectivity index (χ0) is 17.9. The first-order valence-electron chi connectivity index (χ1n) is 8.40. The van der Waals surface area contributed by atoms with Crippen molar-refractivity contribution >= 4 is 11.6 Å². The second-order valence-electron chi connectivity index (χ2n) is 6.24. The SMILES string of the molecule is Cn1nnnc1-c1cccc(NC(=O)C2CC(c3ccccc3)NN2)c1. The fraction of sp³-hybridized carbons (Fsp3) is 0.222. The van der Waals surface area contributed by atoms with Crippen LogP contribution in [0, 0.1) is 0 Å². The summed E-state index contributed by atoms with van der Waals surface area (Å²) in [6.07, 6.45) is 0.683. The van der Waals surface area contributed by atoms with Gasteiger partial charge in [0.1, 0.15) is 6.04 Å². The number of benzene rings is 2. The predicted octanol–water partition coefficient (Wildman–Crippen LogP) is 1.42. The molecule has 3 N–H and O–H groups in total. The number of tetrazole rings is 1. The number of hydrogen-bond donors (Lipinski definition) is 3. The first-order valence-corrected chi connectivity index (χ1v) is 8.40. The van der Waals surface area contributed by atoms with Crippen molar-refractivity contribution in [3.05, 3.63) is 60.2 Å². The number of carbonyl (C=O) groups excluding carboxylic acids is 1. The van der Waals surface area contributed by atoms with Gasteiger partial charge >= 0.3 is 0 Å². The van der Waals surface area contributed by atoms with E-state index in [0.29, 0.717) is 17.9 Å². The normalized spacial score (nSPS) is 19.4. The molecule has 132 valence electrons. The topological polar surface area (TPSA) is 96.8 Å². The van der Waals surface area contributed by atoms with E-state index in [1.165, 1.54) is 0 Å². The van der Waals surface area contributed by atoms with Crippen molar-refractivity contribution in [1.29, 1.82) is 0 Å². The third-order valence-electron chi connectivity index (χ3n) is 4.43. The summed E-state index contributed by atoms with van der Waals surface area (Å²) in [4.78, 5) is 12.6. The summed E-state index contributed by atoms with van der Waals surface area (Å²) in [5.41, 5.74) is 8.98. The molecule has 1 saturated heterocycles. The first-order chi connectivity index (χ1) is 12.7. The summed E-state index contributed by atoms with van der Waals surface area (Å²) >= 11 is 0. The molecule has 1 aliphatic heterocycles. The van der Waals surface area contributed by atoms with Crippen LogP contribution in [-0.4, -0.2) is 32.2 Å². The molecule has 3 aromatic rings. The summed E-state index contributed by atoms with van der Waals surface area (Å²) in [6, 6.07) is 17.4. The molecule has 1 amide bonds. The summed E-state index contributed by atoms with van der Waals surface area (Å²) in [7, 11) is 1.78. The van der Waals surface area contributed by atoms with Crippen LogP contribution in [0.3, 0.4) is 0 Å². The first kappa shape index (κ1) is 16.4. The second kappa shape index (κ2) is 7.03. The van der Waals surface area contributed by atoms with Gasteiger partial charge in [0.15, 0.2) is 5.82 Å². The van der Waals surface area contributed by atoms with E-state index in [1.54, 1.807) is 11.7 Å². The molecule has 0 aliphatic carbocycles. The number of nitrogens with one attached hydrogen (secondary N) is 3. The minimum Gasteiger partial charge on any atom is -0.325 e. The average Bonchev–Trinajstić information content (AvgIpc) is 3.32. The van der Waals surface area contributed by atoms with Crippen molar-refractivity contribution in [2.45, 2.75) is 18.5 Å². The zero-order valence-corrected chi connectivity index (χ0v) is 14.3. The van der Waals surface area contributed by atoms with Gasteiger partial charge in [-0.05, 0) is 34.5 Å². The molecular weight excluding hydrogens is 330 g/mol. The quantitative estimate of drug-likeness (QED) is 0.659. The number of hydrogen-bond acceptors (Lipinski definition) is 6. The van der Waals surface area contributed by atoms with Gasteiger partial charge < -0.3 is 5.32 Å². The predicted molar refractivity (Wildman–Crippen MR) is 96.7 cm³/mol. The molecule has 0 spiro atoms. The highest BCUT2D eigenvalue weighted by Gasteiger charge is 2.30. The minimum atomic E-state index is -0.305. The Kier molecular flexibility index (Phi) is 4.42. The van der Waals surface area contributed by atoms with E-state index in [4.69, 9.17) is 0 Å². The van der Waals surface area contributed by atoms with E-state index >= 15 is 0 Å². The van der Waals surface area contributed by atoms with Gasteiger partial charge in [-0.3, -0.25) is 4.79 Å². The molecule has 1 aromatic heterocycles. The maximum atomic E-state index is 12.6. The number of aromatic nitrogens is 4. The van der Waals surface area contributed by atoms with Crippen LogP contribution in [0.25, 0.3) is 11.4 Å². The van der Waals surface area contributed by atoms with Crippen LogP contribution in [0.5, 0.6) is 0 Å². The molecule has 1 fully saturated rings. The molecule has 2 atom stereocenters. The van der Waals surface area contributed by atoms with E-state index < -0.39 is 0 Å². The molecule has 8 heteroatoms.